The van der Waals surface area contributed by atoms with Crippen molar-refractivity contribution in [1.29, 1.82) is 0 Å². The van der Waals surface area contributed by atoms with Crippen LogP contribution in [0.1, 0.15) is 31.7 Å². The maximum atomic E-state index is 8.73. The van der Waals surface area contributed by atoms with Gasteiger partial charge in [-0.1, -0.05) is 24.9 Å². The smallest absolute Gasteiger partial charge is 0.173 e. The molecule has 17 heavy (non-hydrogen) atoms. The van der Waals surface area contributed by atoms with E-state index < -0.39 is 0 Å². The molecule has 0 aliphatic heterocycles. The molecular formula is C12H20N4O. The second-order valence-corrected chi connectivity index (χ2v) is 3.99. The first-order valence-electron chi connectivity index (χ1n) is 5.84. The van der Waals surface area contributed by atoms with E-state index in [-0.39, 0.29) is 5.84 Å². The number of rotatable bonds is 6. The van der Waals surface area contributed by atoms with Gasteiger partial charge in [-0.3, -0.25) is 0 Å². The molecule has 5 nitrogen and oxygen atoms in total. The standard InChI is InChI=1S/C12H20N4O/c1-3-4-5-9-16(2)12-10(11(13)15-17)7-6-8-14-12/h6-8,17H,3-5,9H2,1-2H3,(H2,13,15). The van der Waals surface area contributed by atoms with Gasteiger partial charge < -0.3 is 15.8 Å². The molecule has 0 spiro atoms. The average molecular weight is 236 g/mol. The van der Waals surface area contributed by atoms with E-state index in [1.165, 1.54) is 12.8 Å². The Bertz CT molecular complexity index is 379. The minimum Gasteiger partial charge on any atom is -0.409 e. The van der Waals surface area contributed by atoms with Gasteiger partial charge in [0.15, 0.2) is 5.84 Å². The van der Waals surface area contributed by atoms with E-state index in [4.69, 9.17) is 10.9 Å². The number of unbranched alkanes of at least 4 members (excludes halogenated alkanes) is 2. The van der Waals surface area contributed by atoms with Gasteiger partial charge in [0.2, 0.25) is 0 Å². The summed E-state index contributed by atoms with van der Waals surface area (Å²) >= 11 is 0. The van der Waals surface area contributed by atoms with E-state index in [1.807, 2.05) is 11.9 Å². The Morgan fingerprint density at radius 1 is 1.53 bits per heavy atom. The maximum Gasteiger partial charge on any atom is 0.173 e. The molecule has 0 saturated carbocycles. The molecule has 0 bridgehead atoms. The zero-order valence-electron chi connectivity index (χ0n) is 10.4. The third-order valence-electron chi connectivity index (χ3n) is 2.63. The lowest BCUT2D eigenvalue weighted by Crippen LogP contribution is -2.25. The van der Waals surface area contributed by atoms with Crippen molar-refractivity contribution >= 4 is 11.7 Å². The molecule has 0 radical (unpaired) electrons. The molecule has 0 amide bonds. The number of pyridine rings is 1. The molecule has 1 aromatic heterocycles. The van der Waals surface area contributed by atoms with Gasteiger partial charge >= 0.3 is 0 Å². The number of oxime groups is 1. The molecule has 0 fully saturated rings. The lowest BCUT2D eigenvalue weighted by molar-refractivity contribution is 0.318. The largest absolute Gasteiger partial charge is 0.409 e. The molecule has 0 aliphatic carbocycles. The Labute approximate surface area is 102 Å². The van der Waals surface area contributed by atoms with Crippen molar-refractivity contribution in [3.63, 3.8) is 0 Å². The average Bonchev–Trinajstić information content (AvgIpc) is 2.38. The minimum atomic E-state index is 0.0930. The van der Waals surface area contributed by atoms with Gasteiger partial charge in [-0.2, -0.15) is 0 Å². The predicted molar refractivity (Wildman–Crippen MR) is 69.5 cm³/mol. The van der Waals surface area contributed by atoms with E-state index in [9.17, 15) is 0 Å². The Morgan fingerprint density at radius 3 is 2.94 bits per heavy atom. The molecule has 3 N–H and O–H groups in total. The van der Waals surface area contributed by atoms with Crippen LogP contribution in [-0.2, 0) is 0 Å². The van der Waals surface area contributed by atoms with Gasteiger partial charge in [0.05, 0.1) is 5.56 Å². The quantitative estimate of drug-likeness (QED) is 0.260. The first-order chi connectivity index (χ1) is 8.20. The van der Waals surface area contributed by atoms with Crippen LogP contribution in [0.15, 0.2) is 23.5 Å². The van der Waals surface area contributed by atoms with Crippen LogP contribution < -0.4 is 10.6 Å². The van der Waals surface area contributed by atoms with Gasteiger partial charge in [-0.25, -0.2) is 4.98 Å². The fourth-order valence-corrected chi connectivity index (χ4v) is 1.66. The van der Waals surface area contributed by atoms with Crippen molar-refractivity contribution in [2.75, 3.05) is 18.5 Å². The highest BCUT2D eigenvalue weighted by molar-refractivity contribution is 6.01. The van der Waals surface area contributed by atoms with Crippen LogP contribution >= 0.6 is 0 Å². The molecule has 1 aromatic rings. The fourth-order valence-electron chi connectivity index (χ4n) is 1.66. The molecule has 0 atom stereocenters. The van der Waals surface area contributed by atoms with Crippen molar-refractivity contribution in [3.05, 3.63) is 23.9 Å². The van der Waals surface area contributed by atoms with Crippen LogP contribution in [0.3, 0.4) is 0 Å². The molecule has 5 heteroatoms. The summed E-state index contributed by atoms with van der Waals surface area (Å²) in [6.07, 6.45) is 5.19. The zero-order valence-corrected chi connectivity index (χ0v) is 10.4. The highest BCUT2D eigenvalue weighted by Crippen LogP contribution is 2.16. The Hall–Kier alpha value is -1.78. The highest BCUT2D eigenvalue weighted by Gasteiger charge is 2.11. The number of nitrogens with zero attached hydrogens (tertiary/aromatic N) is 3. The summed E-state index contributed by atoms with van der Waals surface area (Å²) in [5.41, 5.74) is 6.28. The first kappa shape index (κ1) is 13.3. The number of amidine groups is 1. The Balaban J connectivity index is 2.82. The number of anilines is 1. The summed E-state index contributed by atoms with van der Waals surface area (Å²) < 4.78 is 0. The van der Waals surface area contributed by atoms with E-state index in [0.29, 0.717) is 5.56 Å². The summed E-state index contributed by atoms with van der Waals surface area (Å²) in [7, 11) is 1.96. The van der Waals surface area contributed by atoms with Crippen molar-refractivity contribution in [2.24, 2.45) is 10.9 Å². The Kier molecular flexibility index (Phi) is 5.26. The third-order valence-corrected chi connectivity index (χ3v) is 2.63. The van der Waals surface area contributed by atoms with E-state index in [1.54, 1.807) is 18.3 Å². The second-order valence-electron chi connectivity index (χ2n) is 3.99. The molecule has 1 rings (SSSR count). The van der Waals surface area contributed by atoms with Crippen LogP contribution in [0.4, 0.5) is 5.82 Å². The number of hydrogen-bond donors (Lipinski definition) is 2. The SMILES string of the molecule is CCCCCN(C)c1ncccc1/C(N)=N/O. The molecule has 0 saturated heterocycles. The maximum absolute atomic E-state index is 8.73. The van der Waals surface area contributed by atoms with E-state index >= 15 is 0 Å². The van der Waals surface area contributed by atoms with E-state index in [2.05, 4.69) is 17.1 Å². The van der Waals surface area contributed by atoms with Crippen LogP contribution in [0.5, 0.6) is 0 Å². The summed E-state index contributed by atoms with van der Waals surface area (Å²) in [5, 5.41) is 11.8. The summed E-state index contributed by atoms with van der Waals surface area (Å²) in [5.74, 6) is 0.842. The monoisotopic (exact) mass is 236 g/mol. The predicted octanol–water partition coefficient (Wildman–Crippen LogP) is 1.80. The van der Waals surface area contributed by atoms with Gasteiger partial charge in [0, 0.05) is 19.8 Å². The molecule has 0 aliphatic rings. The van der Waals surface area contributed by atoms with Crippen molar-refractivity contribution in [2.45, 2.75) is 26.2 Å². The highest BCUT2D eigenvalue weighted by atomic mass is 16.4. The molecule has 0 aromatic carbocycles. The number of nitrogens with two attached hydrogens (primary N) is 1. The lowest BCUT2D eigenvalue weighted by Gasteiger charge is -2.20. The summed E-state index contributed by atoms with van der Waals surface area (Å²) in [6.45, 7) is 3.08. The van der Waals surface area contributed by atoms with Gasteiger partial charge in [-0.05, 0) is 18.6 Å². The van der Waals surface area contributed by atoms with Gasteiger partial charge in [0.1, 0.15) is 5.82 Å². The van der Waals surface area contributed by atoms with E-state index in [0.717, 1.165) is 18.8 Å². The number of hydrogen-bond acceptors (Lipinski definition) is 4. The Morgan fingerprint density at radius 2 is 2.29 bits per heavy atom. The van der Waals surface area contributed by atoms with Crippen molar-refractivity contribution < 1.29 is 5.21 Å². The third kappa shape index (κ3) is 3.62. The van der Waals surface area contributed by atoms with Crippen LogP contribution in [0.2, 0.25) is 0 Å². The summed E-state index contributed by atoms with van der Waals surface area (Å²) in [4.78, 5) is 6.31. The molecule has 0 unspecified atom stereocenters. The lowest BCUT2D eigenvalue weighted by atomic mass is 10.2. The van der Waals surface area contributed by atoms with Crippen molar-refractivity contribution in [3.8, 4) is 0 Å². The van der Waals surface area contributed by atoms with Gasteiger partial charge in [0.25, 0.3) is 0 Å². The molecule has 94 valence electrons. The topological polar surface area (TPSA) is 74.7 Å². The second kappa shape index (κ2) is 6.73. The molecule has 1 heterocycles. The summed E-state index contributed by atoms with van der Waals surface area (Å²) in [6, 6.07) is 3.57. The zero-order chi connectivity index (χ0) is 12.7. The van der Waals surface area contributed by atoms with Gasteiger partial charge in [-0.15, -0.1) is 0 Å². The van der Waals surface area contributed by atoms with Crippen molar-refractivity contribution in [1.82, 2.24) is 4.98 Å². The fraction of sp³-hybridized carbons (Fsp3) is 0.500. The normalized spacial score (nSPS) is 11.5. The van der Waals surface area contributed by atoms with Crippen LogP contribution in [-0.4, -0.2) is 29.6 Å². The van der Waals surface area contributed by atoms with Crippen LogP contribution in [0, 0.1) is 0 Å². The first-order valence-corrected chi connectivity index (χ1v) is 5.84. The molecular weight excluding hydrogens is 216 g/mol. The van der Waals surface area contributed by atoms with Crippen LogP contribution in [0.25, 0.3) is 0 Å². The number of aromatic nitrogens is 1. The minimum absolute atomic E-state index is 0.0930.